The van der Waals surface area contributed by atoms with Crippen LogP contribution < -0.4 is 10.1 Å². The smallest absolute Gasteiger partial charge is 0.255 e. The molecule has 1 N–H and O–H groups in total. The number of ether oxygens (including phenoxy) is 1. The highest BCUT2D eigenvalue weighted by molar-refractivity contribution is 5.96. The molecular formula is C19H19N3O3. The molecule has 0 atom stereocenters. The molecule has 0 aliphatic heterocycles. The van der Waals surface area contributed by atoms with Gasteiger partial charge in [-0.3, -0.25) is 4.79 Å². The Labute approximate surface area is 145 Å². The molecule has 0 radical (unpaired) electrons. The van der Waals surface area contributed by atoms with Crippen LogP contribution in [0.3, 0.4) is 0 Å². The molecular weight excluding hydrogens is 318 g/mol. The third-order valence-electron chi connectivity index (χ3n) is 3.61. The summed E-state index contributed by atoms with van der Waals surface area (Å²) in [6.07, 6.45) is 0. The number of aryl methyl sites for hydroxylation is 1. The van der Waals surface area contributed by atoms with Crippen molar-refractivity contribution in [1.29, 1.82) is 0 Å². The van der Waals surface area contributed by atoms with Crippen molar-refractivity contribution in [1.82, 2.24) is 15.5 Å². The van der Waals surface area contributed by atoms with Crippen molar-refractivity contribution in [3.05, 3.63) is 65.5 Å². The first-order valence-corrected chi connectivity index (χ1v) is 8.07. The van der Waals surface area contributed by atoms with E-state index >= 15 is 0 Å². The normalized spacial score (nSPS) is 10.5. The summed E-state index contributed by atoms with van der Waals surface area (Å²) in [5.74, 6) is 1.14. The zero-order chi connectivity index (χ0) is 17.6. The maximum absolute atomic E-state index is 12.3. The molecule has 6 heteroatoms. The van der Waals surface area contributed by atoms with Crippen molar-refractivity contribution < 1.29 is 14.1 Å². The number of benzene rings is 2. The van der Waals surface area contributed by atoms with Gasteiger partial charge in [-0.25, -0.2) is 0 Å². The van der Waals surface area contributed by atoms with Crippen LogP contribution in [0.25, 0.3) is 11.4 Å². The van der Waals surface area contributed by atoms with Crippen molar-refractivity contribution in [2.75, 3.05) is 6.61 Å². The highest BCUT2D eigenvalue weighted by Gasteiger charge is 2.14. The van der Waals surface area contributed by atoms with E-state index in [0.717, 1.165) is 11.1 Å². The standard InChI is InChI=1S/C19H19N3O3/c1-3-24-16-7-5-4-6-15(16)19(23)20-12-17-21-18(22-25-17)14-10-8-13(2)9-11-14/h4-11H,3,12H2,1-2H3,(H,20,23). The number of nitrogens with zero attached hydrogens (tertiary/aromatic N) is 2. The molecule has 1 amide bonds. The number of carbonyl (C=O) groups excluding carboxylic acids is 1. The fourth-order valence-electron chi connectivity index (χ4n) is 2.33. The molecule has 0 saturated heterocycles. The highest BCUT2D eigenvalue weighted by atomic mass is 16.5. The Morgan fingerprint density at radius 2 is 1.92 bits per heavy atom. The number of hydrogen-bond donors (Lipinski definition) is 1. The number of carbonyl (C=O) groups is 1. The Morgan fingerprint density at radius 1 is 1.16 bits per heavy atom. The molecule has 1 heterocycles. The minimum atomic E-state index is -0.251. The first-order valence-electron chi connectivity index (χ1n) is 8.07. The fourth-order valence-corrected chi connectivity index (χ4v) is 2.33. The van der Waals surface area contributed by atoms with Crippen molar-refractivity contribution in [3.8, 4) is 17.1 Å². The van der Waals surface area contributed by atoms with Gasteiger partial charge in [-0.2, -0.15) is 4.98 Å². The van der Waals surface area contributed by atoms with E-state index in [9.17, 15) is 4.79 Å². The van der Waals surface area contributed by atoms with Crippen molar-refractivity contribution in [2.24, 2.45) is 0 Å². The van der Waals surface area contributed by atoms with Gasteiger partial charge >= 0.3 is 0 Å². The van der Waals surface area contributed by atoms with Crippen LogP contribution in [-0.2, 0) is 6.54 Å². The average molecular weight is 337 g/mol. The molecule has 2 aromatic carbocycles. The van der Waals surface area contributed by atoms with Crippen LogP contribution in [0.4, 0.5) is 0 Å². The van der Waals surface area contributed by atoms with E-state index in [1.807, 2.05) is 44.2 Å². The summed E-state index contributed by atoms with van der Waals surface area (Å²) in [7, 11) is 0. The van der Waals surface area contributed by atoms with E-state index in [1.54, 1.807) is 18.2 Å². The summed E-state index contributed by atoms with van der Waals surface area (Å²) in [4.78, 5) is 16.7. The molecule has 3 rings (SSSR count). The van der Waals surface area contributed by atoms with E-state index in [0.29, 0.717) is 29.6 Å². The number of rotatable bonds is 6. The quantitative estimate of drug-likeness (QED) is 0.746. The van der Waals surface area contributed by atoms with Gasteiger partial charge in [-0.15, -0.1) is 0 Å². The summed E-state index contributed by atoms with van der Waals surface area (Å²) in [5, 5.41) is 6.72. The van der Waals surface area contributed by atoms with Crippen LogP contribution >= 0.6 is 0 Å². The molecule has 0 spiro atoms. The predicted octanol–water partition coefficient (Wildman–Crippen LogP) is 3.37. The average Bonchev–Trinajstić information content (AvgIpc) is 3.10. The first kappa shape index (κ1) is 16.7. The molecule has 0 bridgehead atoms. The second-order valence-electron chi connectivity index (χ2n) is 5.49. The maximum Gasteiger partial charge on any atom is 0.255 e. The first-order chi connectivity index (χ1) is 12.2. The Kier molecular flexibility index (Phi) is 5.09. The van der Waals surface area contributed by atoms with Gasteiger partial charge in [0.15, 0.2) is 0 Å². The van der Waals surface area contributed by atoms with Gasteiger partial charge < -0.3 is 14.6 Å². The maximum atomic E-state index is 12.3. The number of nitrogens with one attached hydrogen (secondary N) is 1. The lowest BCUT2D eigenvalue weighted by Gasteiger charge is -2.09. The third-order valence-corrected chi connectivity index (χ3v) is 3.61. The second-order valence-corrected chi connectivity index (χ2v) is 5.49. The van der Waals surface area contributed by atoms with Crippen LogP contribution in [-0.4, -0.2) is 22.7 Å². The van der Waals surface area contributed by atoms with Crippen molar-refractivity contribution in [3.63, 3.8) is 0 Å². The molecule has 0 aliphatic rings. The molecule has 0 saturated carbocycles. The van der Waals surface area contributed by atoms with E-state index in [2.05, 4.69) is 15.5 Å². The van der Waals surface area contributed by atoms with Gasteiger partial charge in [0.25, 0.3) is 5.91 Å². The van der Waals surface area contributed by atoms with Gasteiger partial charge in [0, 0.05) is 5.56 Å². The topological polar surface area (TPSA) is 77.2 Å². The molecule has 1 aromatic heterocycles. The minimum Gasteiger partial charge on any atom is -0.493 e. The van der Waals surface area contributed by atoms with E-state index in [-0.39, 0.29) is 12.5 Å². The summed E-state index contributed by atoms with van der Waals surface area (Å²) in [6.45, 7) is 4.53. The molecule has 25 heavy (non-hydrogen) atoms. The lowest BCUT2D eigenvalue weighted by Crippen LogP contribution is -2.23. The largest absolute Gasteiger partial charge is 0.493 e. The van der Waals surface area contributed by atoms with E-state index in [4.69, 9.17) is 9.26 Å². The second kappa shape index (κ2) is 7.61. The SMILES string of the molecule is CCOc1ccccc1C(=O)NCc1nc(-c2ccc(C)cc2)no1. The zero-order valence-corrected chi connectivity index (χ0v) is 14.2. The summed E-state index contributed by atoms with van der Waals surface area (Å²) >= 11 is 0. The third kappa shape index (κ3) is 4.03. The zero-order valence-electron chi connectivity index (χ0n) is 14.2. The van der Waals surface area contributed by atoms with Crippen LogP contribution in [0, 0.1) is 6.92 Å². The van der Waals surface area contributed by atoms with E-state index in [1.165, 1.54) is 0 Å². The van der Waals surface area contributed by atoms with Crippen LogP contribution in [0.15, 0.2) is 53.1 Å². The summed E-state index contributed by atoms with van der Waals surface area (Å²) in [6, 6.07) is 14.9. The summed E-state index contributed by atoms with van der Waals surface area (Å²) < 4.78 is 10.7. The Morgan fingerprint density at radius 3 is 2.68 bits per heavy atom. The number of para-hydroxylation sites is 1. The Bertz CT molecular complexity index is 856. The van der Waals surface area contributed by atoms with Gasteiger partial charge in [0.1, 0.15) is 5.75 Å². The molecule has 0 unspecified atom stereocenters. The monoisotopic (exact) mass is 337 g/mol. The van der Waals surface area contributed by atoms with Gasteiger partial charge in [0.05, 0.1) is 18.7 Å². The van der Waals surface area contributed by atoms with Gasteiger partial charge in [-0.05, 0) is 26.0 Å². The van der Waals surface area contributed by atoms with Crippen LogP contribution in [0.2, 0.25) is 0 Å². The lowest BCUT2D eigenvalue weighted by molar-refractivity contribution is 0.0942. The van der Waals surface area contributed by atoms with Gasteiger partial charge in [0.2, 0.25) is 11.7 Å². The number of hydrogen-bond acceptors (Lipinski definition) is 5. The summed E-state index contributed by atoms with van der Waals surface area (Å²) in [5.41, 5.74) is 2.50. The molecule has 3 aromatic rings. The molecule has 6 nitrogen and oxygen atoms in total. The predicted molar refractivity (Wildman–Crippen MR) is 93.3 cm³/mol. The number of aromatic nitrogens is 2. The Balaban J connectivity index is 1.66. The number of amides is 1. The van der Waals surface area contributed by atoms with Crippen molar-refractivity contribution >= 4 is 5.91 Å². The fraction of sp³-hybridized carbons (Fsp3) is 0.211. The van der Waals surface area contributed by atoms with E-state index < -0.39 is 0 Å². The Hall–Kier alpha value is -3.15. The molecule has 128 valence electrons. The van der Waals surface area contributed by atoms with Crippen molar-refractivity contribution in [2.45, 2.75) is 20.4 Å². The van der Waals surface area contributed by atoms with Gasteiger partial charge in [-0.1, -0.05) is 47.1 Å². The van der Waals surface area contributed by atoms with Crippen LogP contribution in [0.5, 0.6) is 5.75 Å². The lowest BCUT2D eigenvalue weighted by atomic mass is 10.1. The molecule has 0 aliphatic carbocycles. The highest BCUT2D eigenvalue weighted by Crippen LogP contribution is 2.18. The molecule has 0 fully saturated rings. The van der Waals surface area contributed by atoms with Crippen LogP contribution in [0.1, 0.15) is 28.7 Å². The minimum absolute atomic E-state index is 0.151.